The van der Waals surface area contributed by atoms with Gasteiger partial charge < -0.3 is 10.2 Å². The lowest BCUT2D eigenvalue weighted by Gasteiger charge is -2.17. The van der Waals surface area contributed by atoms with Crippen molar-refractivity contribution in [2.45, 2.75) is 19.4 Å². The quantitative estimate of drug-likeness (QED) is 0.681. The Bertz CT molecular complexity index is 522. The van der Waals surface area contributed by atoms with E-state index in [1.807, 2.05) is 7.05 Å². The SMILES string of the molecule is CNC1CCN(C(=O)c2cc([N+](=O)[O-])ccc2C)C1.Cl. The molecule has 20 heavy (non-hydrogen) atoms. The number of benzene rings is 1. The number of halogens is 1. The van der Waals surface area contributed by atoms with E-state index < -0.39 is 4.92 Å². The molecule has 1 unspecified atom stereocenters. The Labute approximate surface area is 123 Å². The third-order valence-electron chi connectivity index (χ3n) is 3.55. The van der Waals surface area contributed by atoms with Gasteiger partial charge in [0.2, 0.25) is 0 Å². The molecule has 7 heteroatoms. The first kappa shape index (κ1) is 16.4. The van der Waals surface area contributed by atoms with Crippen LogP contribution in [0, 0.1) is 17.0 Å². The van der Waals surface area contributed by atoms with E-state index in [1.165, 1.54) is 12.1 Å². The molecule has 1 aliphatic rings. The lowest BCUT2D eigenvalue weighted by Crippen LogP contribution is -2.33. The number of non-ortho nitro benzene ring substituents is 1. The first-order valence-corrected chi connectivity index (χ1v) is 6.24. The van der Waals surface area contributed by atoms with Crippen LogP contribution >= 0.6 is 12.4 Å². The highest BCUT2D eigenvalue weighted by Crippen LogP contribution is 2.21. The Morgan fingerprint density at radius 2 is 2.20 bits per heavy atom. The molecule has 1 aromatic carbocycles. The van der Waals surface area contributed by atoms with Gasteiger partial charge in [0.1, 0.15) is 0 Å². The number of rotatable bonds is 3. The molecule has 0 saturated carbocycles. The number of carbonyl (C=O) groups excluding carboxylic acids is 1. The van der Waals surface area contributed by atoms with Crippen molar-refractivity contribution in [3.8, 4) is 0 Å². The van der Waals surface area contributed by atoms with Gasteiger partial charge in [-0.25, -0.2) is 0 Å². The van der Waals surface area contributed by atoms with Crippen molar-refractivity contribution in [3.63, 3.8) is 0 Å². The molecule has 0 spiro atoms. The van der Waals surface area contributed by atoms with E-state index in [4.69, 9.17) is 0 Å². The lowest BCUT2D eigenvalue weighted by atomic mass is 10.1. The molecule has 1 aliphatic heterocycles. The van der Waals surface area contributed by atoms with Crippen molar-refractivity contribution in [1.29, 1.82) is 0 Å². The minimum absolute atomic E-state index is 0. The van der Waals surface area contributed by atoms with Gasteiger partial charge in [-0.05, 0) is 26.0 Å². The topological polar surface area (TPSA) is 75.5 Å². The van der Waals surface area contributed by atoms with Crippen molar-refractivity contribution < 1.29 is 9.72 Å². The molecule has 0 aromatic heterocycles. The summed E-state index contributed by atoms with van der Waals surface area (Å²) in [7, 11) is 1.87. The lowest BCUT2D eigenvalue weighted by molar-refractivity contribution is -0.384. The fourth-order valence-electron chi connectivity index (χ4n) is 2.30. The van der Waals surface area contributed by atoms with Crippen LogP contribution in [0.5, 0.6) is 0 Å². The number of nitro groups is 1. The summed E-state index contributed by atoms with van der Waals surface area (Å²) in [6.45, 7) is 3.13. The second-order valence-corrected chi connectivity index (χ2v) is 4.78. The largest absolute Gasteiger partial charge is 0.337 e. The average molecular weight is 300 g/mol. The van der Waals surface area contributed by atoms with Crippen LogP contribution in [0.4, 0.5) is 5.69 Å². The van der Waals surface area contributed by atoms with Crippen LogP contribution in [-0.4, -0.2) is 41.9 Å². The maximum Gasteiger partial charge on any atom is 0.270 e. The second-order valence-electron chi connectivity index (χ2n) is 4.78. The van der Waals surface area contributed by atoms with Crippen LogP contribution in [0.2, 0.25) is 0 Å². The number of nitro benzene ring substituents is 1. The summed E-state index contributed by atoms with van der Waals surface area (Å²) in [6, 6.07) is 4.72. The van der Waals surface area contributed by atoms with Crippen molar-refractivity contribution >= 4 is 24.0 Å². The van der Waals surface area contributed by atoms with Gasteiger partial charge in [0.25, 0.3) is 11.6 Å². The smallest absolute Gasteiger partial charge is 0.270 e. The zero-order valence-electron chi connectivity index (χ0n) is 11.5. The van der Waals surface area contributed by atoms with Gasteiger partial charge in [0.05, 0.1) is 4.92 Å². The molecule has 1 fully saturated rings. The Kier molecular flexibility index (Phi) is 5.47. The van der Waals surface area contributed by atoms with Crippen LogP contribution < -0.4 is 5.32 Å². The first-order chi connectivity index (χ1) is 9.02. The first-order valence-electron chi connectivity index (χ1n) is 6.24. The highest BCUT2D eigenvalue weighted by Gasteiger charge is 2.27. The fourth-order valence-corrected chi connectivity index (χ4v) is 2.30. The third kappa shape index (κ3) is 3.26. The van der Waals surface area contributed by atoms with Gasteiger partial charge in [0, 0.05) is 36.8 Å². The number of aryl methyl sites for hydroxylation is 1. The second kappa shape index (κ2) is 6.67. The molecule has 1 amide bonds. The van der Waals surface area contributed by atoms with Crippen molar-refractivity contribution in [2.75, 3.05) is 20.1 Å². The number of hydrogen-bond donors (Lipinski definition) is 1. The summed E-state index contributed by atoms with van der Waals surface area (Å²) < 4.78 is 0. The van der Waals surface area contributed by atoms with Crippen molar-refractivity contribution in [1.82, 2.24) is 10.2 Å². The summed E-state index contributed by atoms with van der Waals surface area (Å²) in [5, 5.41) is 13.9. The Balaban J connectivity index is 0.00000200. The minimum atomic E-state index is -0.476. The van der Waals surface area contributed by atoms with Crippen molar-refractivity contribution in [2.24, 2.45) is 0 Å². The molecule has 1 aromatic rings. The van der Waals surface area contributed by atoms with Gasteiger partial charge >= 0.3 is 0 Å². The van der Waals surface area contributed by atoms with E-state index in [-0.39, 0.29) is 24.0 Å². The van der Waals surface area contributed by atoms with Crippen LogP contribution in [0.25, 0.3) is 0 Å². The van der Waals surface area contributed by atoms with Gasteiger partial charge in [-0.2, -0.15) is 0 Å². The predicted molar refractivity (Wildman–Crippen MR) is 78.4 cm³/mol. The van der Waals surface area contributed by atoms with Gasteiger partial charge in [0.15, 0.2) is 0 Å². The molecular weight excluding hydrogens is 282 g/mol. The van der Waals surface area contributed by atoms with E-state index >= 15 is 0 Å². The standard InChI is InChI=1S/C13H17N3O3.ClH/c1-9-3-4-11(16(18)19)7-12(9)13(17)15-6-5-10(8-15)14-2;/h3-4,7,10,14H,5-6,8H2,1-2H3;1H. The molecule has 1 N–H and O–H groups in total. The monoisotopic (exact) mass is 299 g/mol. The summed E-state index contributed by atoms with van der Waals surface area (Å²) in [5.41, 5.74) is 1.15. The minimum Gasteiger partial charge on any atom is -0.337 e. The summed E-state index contributed by atoms with van der Waals surface area (Å²) in [4.78, 5) is 24.4. The average Bonchev–Trinajstić information content (AvgIpc) is 2.87. The van der Waals surface area contributed by atoms with E-state index in [0.29, 0.717) is 24.7 Å². The highest BCUT2D eigenvalue weighted by molar-refractivity contribution is 5.96. The van der Waals surface area contributed by atoms with E-state index in [1.54, 1.807) is 17.9 Å². The van der Waals surface area contributed by atoms with E-state index in [9.17, 15) is 14.9 Å². The number of nitrogens with one attached hydrogen (secondary N) is 1. The maximum absolute atomic E-state index is 12.4. The third-order valence-corrected chi connectivity index (χ3v) is 3.55. The number of hydrogen-bond acceptors (Lipinski definition) is 4. The molecule has 0 bridgehead atoms. The molecule has 2 rings (SSSR count). The van der Waals surface area contributed by atoms with E-state index in [0.717, 1.165) is 12.0 Å². The number of likely N-dealkylation sites (N-methyl/N-ethyl adjacent to an activating group) is 1. The zero-order chi connectivity index (χ0) is 14.0. The van der Waals surface area contributed by atoms with Gasteiger partial charge in [-0.1, -0.05) is 6.07 Å². The molecule has 6 nitrogen and oxygen atoms in total. The molecule has 0 aliphatic carbocycles. The fraction of sp³-hybridized carbons (Fsp3) is 0.462. The summed E-state index contributed by atoms with van der Waals surface area (Å²) >= 11 is 0. The van der Waals surface area contributed by atoms with Crippen LogP contribution in [-0.2, 0) is 0 Å². The molecular formula is C13H18ClN3O3. The van der Waals surface area contributed by atoms with Gasteiger partial charge in [-0.15, -0.1) is 12.4 Å². The molecule has 0 radical (unpaired) electrons. The molecule has 1 saturated heterocycles. The molecule has 110 valence electrons. The Morgan fingerprint density at radius 3 is 2.75 bits per heavy atom. The van der Waals surface area contributed by atoms with Crippen LogP contribution in [0.3, 0.4) is 0 Å². The number of nitrogens with zero attached hydrogens (tertiary/aromatic N) is 2. The zero-order valence-corrected chi connectivity index (χ0v) is 12.3. The van der Waals surface area contributed by atoms with Crippen LogP contribution in [0.15, 0.2) is 18.2 Å². The molecule has 1 atom stereocenters. The van der Waals surface area contributed by atoms with Crippen molar-refractivity contribution in [3.05, 3.63) is 39.4 Å². The number of amides is 1. The maximum atomic E-state index is 12.4. The summed E-state index contributed by atoms with van der Waals surface area (Å²) in [6.07, 6.45) is 0.913. The Morgan fingerprint density at radius 1 is 1.50 bits per heavy atom. The van der Waals surface area contributed by atoms with Crippen LogP contribution in [0.1, 0.15) is 22.3 Å². The predicted octanol–water partition coefficient (Wildman–Crippen LogP) is 1.76. The summed E-state index contributed by atoms with van der Waals surface area (Å²) in [5.74, 6) is -0.126. The Hall–Kier alpha value is -1.66. The van der Waals surface area contributed by atoms with Gasteiger partial charge in [-0.3, -0.25) is 14.9 Å². The highest BCUT2D eigenvalue weighted by atomic mass is 35.5. The van der Waals surface area contributed by atoms with E-state index in [2.05, 4.69) is 5.32 Å². The normalized spacial score (nSPS) is 17.7. The number of likely N-dealkylation sites (tertiary alicyclic amines) is 1. The number of carbonyl (C=O) groups is 1. The molecule has 1 heterocycles.